The van der Waals surface area contributed by atoms with Crippen LogP contribution in [0.15, 0.2) is 42.6 Å². The lowest BCUT2D eigenvalue weighted by atomic mass is 10.3. The lowest BCUT2D eigenvalue weighted by Crippen LogP contribution is -2.21. The highest BCUT2D eigenvalue weighted by atomic mass is 35.5. The van der Waals surface area contributed by atoms with E-state index in [1.54, 1.807) is 36.5 Å². The number of methoxy groups -OCH3 is 1. The number of amides is 1. The van der Waals surface area contributed by atoms with Gasteiger partial charge in [-0.15, -0.1) is 0 Å². The first kappa shape index (κ1) is 14.1. The zero-order chi connectivity index (χ0) is 14.4. The van der Waals surface area contributed by atoms with Crippen molar-refractivity contribution in [2.75, 3.05) is 19.0 Å². The Morgan fingerprint density at radius 3 is 2.70 bits per heavy atom. The van der Waals surface area contributed by atoms with Crippen molar-refractivity contribution in [3.05, 3.63) is 47.6 Å². The molecule has 1 amide bonds. The molecule has 0 saturated heterocycles. The molecule has 0 aliphatic heterocycles. The molecule has 0 fully saturated rings. The number of carbonyl (C=O) groups excluding carboxylic acids is 1. The molecule has 1 aromatic heterocycles. The Bertz CT molecular complexity index is 604. The third-order valence-electron chi connectivity index (χ3n) is 2.44. The molecule has 0 spiro atoms. The maximum Gasteiger partial charge on any atom is 0.263 e. The van der Waals surface area contributed by atoms with Gasteiger partial charge in [0.2, 0.25) is 0 Å². The van der Waals surface area contributed by atoms with Gasteiger partial charge in [-0.1, -0.05) is 23.7 Å². The topological polar surface area (TPSA) is 60.5 Å². The molecule has 2 aromatic rings. The van der Waals surface area contributed by atoms with Crippen molar-refractivity contribution in [1.82, 2.24) is 4.98 Å². The first-order valence-electron chi connectivity index (χ1n) is 5.87. The van der Waals surface area contributed by atoms with Gasteiger partial charge in [0.25, 0.3) is 5.91 Å². The Hall–Kier alpha value is -2.27. The van der Waals surface area contributed by atoms with Crippen LogP contribution in [0.5, 0.6) is 11.5 Å². The highest BCUT2D eigenvalue weighted by Crippen LogP contribution is 2.25. The predicted molar refractivity (Wildman–Crippen MR) is 76.4 cm³/mol. The summed E-state index contributed by atoms with van der Waals surface area (Å²) in [7, 11) is 1.54. The fourth-order valence-electron chi connectivity index (χ4n) is 1.53. The molecular weight excluding hydrogens is 280 g/mol. The number of rotatable bonds is 5. The third kappa shape index (κ3) is 3.61. The van der Waals surface area contributed by atoms with Crippen LogP contribution in [0.4, 0.5) is 5.82 Å². The van der Waals surface area contributed by atoms with Crippen molar-refractivity contribution >= 4 is 23.3 Å². The predicted octanol–water partition coefficient (Wildman–Crippen LogP) is 2.76. The summed E-state index contributed by atoms with van der Waals surface area (Å²) in [5.74, 6) is 1.02. The van der Waals surface area contributed by atoms with Crippen molar-refractivity contribution in [1.29, 1.82) is 0 Å². The van der Waals surface area contributed by atoms with Crippen molar-refractivity contribution in [3.8, 4) is 11.5 Å². The number of aromatic nitrogens is 1. The average molecular weight is 293 g/mol. The molecular formula is C14H13ClN2O3. The van der Waals surface area contributed by atoms with Crippen molar-refractivity contribution in [2.45, 2.75) is 0 Å². The minimum absolute atomic E-state index is 0.159. The van der Waals surface area contributed by atoms with Crippen LogP contribution in [-0.4, -0.2) is 24.6 Å². The molecule has 104 valence electrons. The van der Waals surface area contributed by atoms with Gasteiger partial charge in [-0.3, -0.25) is 4.79 Å². The smallest absolute Gasteiger partial charge is 0.263 e. The van der Waals surface area contributed by atoms with E-state index in [1.807, 2.05) is 6.07 Å². The highest BCUT2D eigenvalue weighted by molar-refractivity contribution is 6.33. The number of carbonyl (C=O) groups is 1. The number of para-hydroxylation sites is 2. The second-order valence-electron chi connectivity index (χ2n) is 3.82. The molecule has 0 saturated carbocycles. The molecule has 1 aromatic carbocycles. The number of ether oxygens (including phenoxy) is 2. The Morgan fingerprint density at radius 1 is 1.25 bits per heavy atom. The first-order valence-corrected chi connectivity index (χ1v) is 6.24. The Labute approximate surface area is 121 Å². The number of anilines is 1. The van der Waals surface area contributed by atoms with Gasteiger partial charge in [-0.2, -0.15) is 0 Å². The quantitative estimate of drug-likeness (QED) is 0.920. The maximum absolute atomic E-state index is 11.8. The van der Waals surface area contributed by atoms with Gasteiger partial charge in [-0.25, -0.2) is 4.98 Å². The van der Waals surface area contributed by atoms with Gasteiger partial charge in [0.1, 0.15) is 0 Å². The van der Waals surface area contributed by atoms with Crippen LogP contribution in [0, 0.1) is 0 Å². The fourth-order valence-corrected chi connectivity index (χ4v) is 1.70. The monoisotopic (exact) mass is 292 g/mol. The number of benzene rings is 1. The van der Waals surface area contributed by atoms with E-state index in [4.69, 9.17) is 21.1 Å². The van der Waals surface area contributed by atoms with E-state index in [0.29, 0.717) is 22.3 Å². The Morgan fingerprint density at radius 2 is 2.00 bits per heavy atom. The molecule has 0 aliphatic carbocycles. The fraction of sp³-hybridized carbons (Fsp3) is 0.143. The van der Waals surface area contributed by atoms with Crippen molar-refractivity contribution in [3.63, 3.8) is 0 Å². The standard InChI is InChI=1S/C14H13ClN2O3/c1-19-11-6-2-3-7-12(11)20-9-13(18)17-14-10(15)5-4-8-16-14/h2-8H,9H2,1H3,(H,16,17,18). The summed E-state index contributed by atoms with van der Waals surface area (Å²) in [6, 6.07) is 10.4. The van der Waals surface area contributed by atoms with E-state index in [2.05, 4.69) is 10.3 Å². The maximum atomic E-state index is 11.8. The summed E-state index contributed by atoms with van der Waals surface area (Å²) < 4.78 is 10.5. The number of hydrogen-bond donors (Lipinski definition) is 1. The van der Waals surface area contributed by atoms with Gasteiger partial charge in [-0.05, 0) is 24.3 Å². The zero-order valence-corrected chi connectivity index (χ0v) is 11.6. The summed E-state index contributed by atoms with van der Waals surface area (Å²) >= 11 is 5.90. The minimum atomic E-state index is -0.350. The van der Waals surface area contributed by atoms with E-state index in [0.717, 1.165) is 0 Å². The molecule has 0 radical (unpaired) electrons. The number of hydrogen-bond acceptors (Lipinski definition) is 4. The van der Waals surface area contributed by atoms with Crippen molar-refractivity contribution < 1.29 is 14.3 Å². The van der Waals surface area contributed by atoms with Crippen LogP contribution in [-0.2, 0) is 4.79 Å². The summed E-state index contributed by atoms with van der Waals surface area (Å²) in [6.07, 6.45) is 1.54. The van der Waals surface area contributed by atoms with Gasteiger partial charge in [0.15, 0.2) is 23.9 Å². The highest BCUT2D eigenvalue weighted by Gasteiger charge is 2.09. The molecule has 0 atom stereocenters. The van der Waals surface area contributed by atoms with E-state index in [9.17, 15) is 4.79 Å². The lowest BCUT2D eigenvalue weighted by molar-refractivity contribution is -0.118. The molecule has 1 heterocycles. The minimum Gasteiger partial charge on any atom is -0.493 e. The van der Waals surface area contributed by atoms with E-state index >= 15 is 0 Å². The summed E-state index contributed by atoms with van der Waals surface area (Å²) in [5.41, 5.74) is 0. The van der Waals surface area contributed by atoms with Gasteiger partial charge >= 0.3 is 0 Å². The average Bonchev–Trinajstić information content (AvgIpc) is 2.48. The van der Waals surface area contributed by atoms with E-state index in [1.165, 1.54) is 7.11 Å². The lowest BCUT2D eigenvalue weighted by Gasteiger charge is -2.10. The summed E-state index contributed by atoms with van der Waals surface area (Å²) in [4.78, 5) is 15.7. The molecule has 1 N–H and O–H groups in total. The third-order valence-corrected chi connectivity index (χ3v) is 2.75. The molecule has 0 bridgehead atoms. The largest absolute Gasteiger partial charge is 0.493 e. The number of nitrogens with one attached hydrogen (secondary N) is 1. The molecule has 0 aliphatic rings. The van der Waals surface area contributed by atoms with Gasteiger partial charge in [0, 0.05) is 6.20 Å². The first-order chi connectivity index (χ1) is 9.70. The SMILES string of the molecule is COc1ccccc1OCC(=O)Nc1ncccc1Cl. The molecule has 0 unspecified atom stereocenters. The molecule has 2 rings (SSSR count). The van der Waals surface area contributed by atoms with Gasteiger partial charge < -0.3 is 14.8 Å². The van der Waals surface area contributed by atoms with Crippen molar-refractivity contribution in [2.24, 2.45) is 0 Å². The molecule has 20 heavy (non-hydrogen) atoms. The number of pyridine rings is 1. The van der Waals surface area contributed by atoms with Crippen LogP contribution in [0.1, 0.15) is 0 Å². The van der Waals surface area contributed by atoms with Crippen LogP contribution < -0.4 is 14.8 Å². The van der Waals surface area contributed by atoms with Crippen LogP contribution in [0.2, 0.25) is 5.02 Å². The second-order valence-corrected chi connectivity index (χ2v) is 4.23. The molecule has 5 nitrogen and oxygen atoms in total. The summed E-state index contributed by atoms with van der Waals surface area (Å²) in [6.45, 7) is -0.159. The number of halogens is 1. The number of nitrogens with zero attached hydrogens (tertiary/aromatic N) is 1. The van der Waals surface area contributed by atoms with Gasteiger partial charge in [0.05, 0.1) is 12.1 Å². The van der Waals surface area contributed by atoms with E-state index in [-0.39, 0.29) is 12.5 Å². The van der Waals surface area contributed by atoms with Crippen LogP contribution >= 0.6 is 11.6 Å². The van der Waals surface area contributed by atoms with Crippen LogP contribution in [0.3, 0.4) is 0 Å². The summed E-state index contributed by atoms with van der Waals surface area (Å²) in [5, 5.41) is 2.94. The van der Waals surface area contributed by atoms with E-state index < -0.39 is 0 Å². The van der Waals surface area contributed by atoms with Crippen LogP contribution in [0.25, 0.3) is 0 Å². The Kier molecular flexibility index (Phi) is 4.79. The zero-order valence-electron chi connectivity index (χ0n) is 10.8. The normalized spacial score (nSPS) is 9.90. The Balaban J connectivity index is 1.94. The molecule has 6 heteroatoms. The second kappa shape index (κ2) is 6.77.